The van der Waals surface area contributed by atoms with Crippen LogP contribution in [0.2, 0.25) is 0 Å². The first-order valence-electron chi connectivity index (χ1n) is 9.57. The largest absolute Gasteiger partial charge is 0.496 e. The molecule has 146 valence electrons. The highest BCUT2D eigenvalue weighted by Crippen LogP contribution is 2.45. The van der Waals surface area contributed by atoms with Gasteiger partial charge in [0.15, 0.2) is 10.9 Å². The maximum atomic E-state index is 13.1. The number of aromatic amines is 1. The predicted octanol–water partition coefficient (Wildman–Crippen LogP) is 3.85. The number of nitrogens with one attached hydrogen (secondary N) is 2. The van der Waals surface area contributed by atoms with Crippen LogP contribution in [0.5, 0.6) is 5.75 Å². The van der Waals surface area contributed by atoms with Gasteiger partial charge in [-0.05, 0) is 25.3 Å². The van der Waals surface area contributed by atoms with Crippen molar-refractivity contribution in [2.75, 3.05) is 18.2 Å². The molecule has 0 bridgehead atoms. The van der Waals surface area contributed by atoms with Crippen LogP contribution in [-0.2, 0) is 4.79 Å². The van der Waals surface area contributed by atoms with Crippen molar-refractivity contribution < 1.29 is 9.53 Å². The molecule has 2 N–H and O–H groups in total. The number of nitrogens with zero attached hydrogens (tertiary/aromatic N) is 1. The molecule has 0 unspecified atom stereocenters. The highest BCUT2D eigenvalue weighted by molar-refractivity contribution is 7.99. The molecule has 6 nitrogen and oxygen atoms in total. The highest BCUT2D eigenvalue weighted by atomic mass is 32.2. The van der Waals surface area contributed by atoms with Gasteiger partial charge in [0.1, 0.15) is 11.6 Å². The van der Waals surface area contributed by atoms with Crippen LogP contribution in [0.15, 0.2) is 45.5 Å². The van der Waals surface area contributed by atoms with Gasteiger partial charge < -0.3 is 15.0 Å². The molecule has 1 aliphatic heterocycles. The molecule has 0 radical (unpaired) electrons. The lowest BCUT2D eigenvalue weighted by molar-refractivity contribution is -0.116. The first-order chi connectivity index (χ1) is 13.6. The first kappa shape index (κ1) is 18.8. The Morgan fingerprint density at radius 3 is 2.86 bits per heavy atom. The lowest BCUT2D eigenvalue weighted by Gasteiger charge is -2.33. The van der Waals surface area contributed by atoms with E-state index in [2.05, 4.69) is 22.2 Å². The van der Waals surface area contributed by atoms with E-state index in [4.69, 9.17) is 4.74 Å². The average Bonchev–Trinajstić information content (AvgIpc) is 2.71. The van der Waals surface area contributed by atoms with Crippen LogP contribution in [-0.4, -0.2) is 28.6 Å². The van der Waals surface area contributed by atoms with E-state index in [1.807, 2.05) is 24.3 Å². The molecule has 0 amide bonds. The standard InChI is InChI=1S/C21H23N3O3S/c1-3-11-28-21-23-19-18(20(26)24-21)16(12-7-4-5-10-15(12)27-2)17-13(22-19)8-6-9-14(17)25/h4-5,7,10,16H,3,6,8-9,11H2,1-2H3,(H2,22,23,24,26)/t16-/m1/s1. The summed E-state index contributed by atoms with van der Waals surface area (Å²) in [5, 5.41) is 3.90. The molecule has 4 rings (SSSR count). The van der Waals surface area contributed by atoms with Gasteiger partial charge >= 0.3 is 0 Å². The second kappa shape index (κ2) is 7.83. The molecule has 1 aromatic carbocycles. The number of anilines is 1. The van der Waals surface area contributed by atoms with Gasteiger partial charge in [-0.3, -0.25) is 9.59 Å². The fourth-order valence-electron chi connectivity index (χ4n) is 3.92. The average molecular weight is 398 g/mol. The zero-order chi connectivity index (χ0) is 19.7. The SMILES string of the molecule is CCCSc1nc2c(c(=O)[nH]1)[C@H](c1ccccc1OC)C1=C(CCCC1=O)N2. The quantitative estimate of drug-likeness (QED) is 0.589. The third-order valence-electron chi connectivity index (χ3n) is 5.13. The fraction of sp³-hybridized carbons (Fsp3) is 0.381. The molecule has 0 spiro atoms. The van der Waals surface area contributed by atoms with E-state index < -0.39 is 5.92 Å². The summed E-state index contributed by atoms with van der Waals surface area (Å²) in [6, 6.07) is 7.57. The number of H-pyrrole nitrogens is 1. The molecule has 2 aromatic rings. The zero-order valence-electron chi connectivity index (χ0n) is 16.0. The van der Waals surface area contributed by atoms with Crippen molar-refractivity contribution in [3.05, 3.63) is 57.0 Å². The Morgan fingerprint density at radius 2 is 2.07 bits per heavy atom. The molecule has 0 saturated heterocycles. The smallest absolute Gasteiger partial charge is 0.257 e. The number of carbonyl (C=O) groups excluding carboxylic acids is 1. The van der Waals surface area contributed by atoms with E-state index in [0.29, 0.717) is 34.3 Å². The molecular formula is C21H23N3O3S. The number of hydrogen-bond donors (Lipinski definition) is 2. The summed E-state index contributed by atoms with van der Waals surface area (Å²) >= 11 is 1.53. The van der Waals surface area contributed by atoms with Gasteiger partial charge in [0.25, 0.3) is 5.56 Å². The van der Waals surface area contributed by atoms with Crippen molar-refractivity contribution in [3.63, 3.8) is 0 Å². The molecule has 0 saturated carbocycles. The van der Waals surface area contributed by atoms with E-state index in [0.717, 1.165) is 36.3 Å². The van der Waals surface area contributed by atoms with Crippen molar-refractivity contribution >= 4 is 23.4 Å². The number of para-hydroxylation sites is 1. The summed E-state index contributed by atoms with van der Waals surface area (Å²) in [5.41, 5.74) is 2.64. The van der Waals surface area contributed by atoms with Gasteiger partial charge in [-0.2, -0.15) is 0 Å². The van der Waals surface area contributed by atoms with Crippen LogP contribution in [0.4, 0.5) is 5.82 Å². The van der Waals surface area contributed by atoms with Crippen molar-refractivity contribution in [2.24, 2.45) is 0 Å². The second-order valence-electron chi connectivity index (χ2n) is 6.95. The molecule has 1 atom stereocenters. The Morgan fingerprint density at radius 1 is 1.25 bits per heavy atom. The number of benzene rings is 1. The molecule has 1 aliphatic carbocycles. The Balaban J connectivity index is 1.93. The van der Waals surface area contributed by atoms with E-state index in [-0.39, 0.29) is 11.3 Å². The van der Waals surface area contributed by atoms with Crippen LogP contribution in [0.1, 0.15) is 49.7 Å². The van der Waals surface area contributed by atoms with Crippen LogP contribution < -0.4 is 15.6 Å². The summed E-state index contributed by atoms with van der Waals surface area (Å²) in [6.45, 7) is 2.09. The van der Waals surface area contributed by atoms with Crippen LogP contribution in [0.25, 0.3) is 0 Å². The second-order valence-corrected chi connectivity index (χ2v) is 8.03. The molecule has 7 heteroatoms. The summed E-state index contributed by atoms with van der Waals surface area (Å²) in [7, 11) is 1.60. The van der Waals surface area contributed by atoms with Crippen LogP contribution in [0.3, 0.4) is 0 Å². The van der Waals surface area contributed by atoms with E-state index in [1.54, 1.807) is 7.11 Å². The number of ether oxygens (including phenoxy) is 1. The third-order valence-corrected chi connectivity index (χ3v) is 6.21. The highest BCUT2D eigenvalue weighted by Gasteiger charge is 2.38. The number of thioether (sulfide) groups is 1. The Bertz CT molecular complexity index is 1010. The number of methoxy groups -OCH3 is 1. The van der Waals surface area contributed by atoms with Gasteiger partial charge in [0, 0.05) is 29.0 Å². The lowest BCUT2D eigenvalue weighted by atomic mass is 9.76. The first-order valence-corrected chi connectivity index (χ1v) is 10.6. The van der Waals surface area contributed by atoms with Crippen molar-refractivity contribution in [3.8, 4) is 5.75 Å². The van der Waals surface area contributed by atoms with Gasteiger partial charge in [0.05, 0.1) is 18.6 Å². The maximum Gasteiger partial charge on any atom is 0.257 e. The number of Topliss-reactive ketones (excluding diaryl/α,β-unsaturated/α-hetero) is 1. The number of ketones is 1. The lowest BCUT2D eigenvalue weighted by Crippen LogP contribution is -2.32. The molecule has 0 fully saturated rings. The van der Waals surface area contributed by atoms with Gasteiger partial charge in [-0.25, -0.2) is 4.98 Å². The van der Waals surface area contributed by atoms with Crippen LogP contribution >= 0.6 is 11.8 Å². The van der Waals surface area contributed by atoms with E-state index >= 15 is 0 Å². The molecule has 2 heterocycles. The van der Waals surface area contributed by atoms with Gasteiger partial charge in [-0.1, -0.05) is 36.9 Å². The Hall–Kier alpha value is -2.54. The van der Waals surface area contributed by atoms with Crippen LogP contribution in [0, 0.1) is 0 Å². The van der Waals surface area contributed by atoms with E-state index in [9.17, 15) is 9.59 Å². The Kier molecular flexibility index (Phi) is 5.26. The minimum atomic E-state index is -0.475. The minimum absolute atomic E-state index is 0.0825. The predicted molar refractivity (Wildman–Crippen MR) is 110 cm³/mol. The monoisotopic (exact) mass is 397 g/mol. The molecule has 28 heavy (non-hydrogen) atoms. The molecule has 1 aromatic heterocycles. The summed E-state index contributed by atoms with van der Waals surface area (Å²) in [5.74, 6) is 1.70. The number of carbonyl (C=O) groups is 1. The number of fused-ring (bicyclic) bond motifs is 1. The van der Waals surface area contributed by atoms with Crippen molar-refractivity contribution in [2.45, 2.75) is 43.7 Å². The third kappa shape index (κ3) is 3.24. The fourth-order valence-corrected chi connectivity index (χ4v) is 4.64. The molecular weight excluding hydrogens is 374 g/mol. The summed E-state index contributed by atoms with van der Waals surface area (Å²) in [4.78, 5) is 33.5. The number of allylic oxidation sites excluding steroid dienone is 2. The number of hydrogen-bond acceptors (Lipinski definition) is 6. The normalized spacial score (nSPS) is 18.4. The van der Waals surface area contributed by atoms with E-state index in [1.165, 1.54) is 11.8 Å². The molecule has 2 aliphatic rings. The van der Waals surface area contributed by atoms with Gasteiger partial charge in [0.2, 0.25) is 0 Å². The topological polar surface area (TPSA) is 84.1 Å². The Labute approximate surface area is 167 Å². The summed E-state index contributed by atoms with van der Waals surface area (Å²) in [6.07, 6.45) is 3.07. The van der Waals surface area contributed by atoms with Gasteiger partial charge in [-0.15, -0.1) is 0 Å². The minimum Gasteiger partial charge on any atom is -0.496 e. The number of rotatable bonds is 5. The zero-order valence-corrected chi connectivity index (χ0v) is 16.8. The maximum absolute atomic E-state index is 13.1. The summed E-state index contributed by atoms with van der Waals surface area (Å²) < 4.78 is 5.55. The van der Waals surface area contributed by atoms with Crippen molar-refractivity contribution in [1.29, 1.82) is 0 Å². The van der Waals surface area contributed by atoms with Crippen molar-refractivity contribution in [1.82, 2.24) is 9.97 Å². The number of aromatic nitrogens is 2.